The second-order valence-electron chi connectivity index (χ2n) is 3.44. The van der Waals surface area contributed by atoms with Crippen molar-refractivity contribution in [2.45, 2.75) is 27.2 Å². The molecule has 0 radical (unpaired) electrons. The van der Waals surface area contributed by atoms with E-state index in [1.807, 2.05) is 12.1 Å². The maximum absolute atomic E-state index is 5.16. The van der Waals surface area contributed by atoms with E-state index in [1.165, 1.54) is 18.4 Å². The Morgan fingerprint density at radius 2 is 2.00 bits per heavy atom. The van der Waals surface area contributed by atoms with E-state index in [9.17, 15) is 0 Å². The van der Waals surface area contributed by atoms with Crippen molar-refractivity contribution in [1.29, 1.82) is 0 Å². The highest BCUT2D eigenvalue weighted by atomic mass is 16.3. The molecule has 2 aromatic rings. The minimum atomic E-state index is 0.818. The first-order valence-electron chi connectivity index (χ1n) is 5.23. The molecule has 0 fully saturated rings. The van der Waals surface area contributed by atoms with Crippen LogP contribution in [-0.4, -0.2) is 4.98 Å². The van der Waals surface area contributed by atoms with Crippen LogP contribution in [0.5, 0.6) is 0 Å². The lowest BCUT2D eigenvalue weighted by molar-refractivity contribution is 0.572. The van der Waals surface area contributed by atoms with E-state index in [4.69, 9.17) is 4.42 Å². The van der Waals surface area contributed by atoms with Crippen LogP contribution in [-0.2, 0) is 0 Å². The highest BCUT2D eigenvalue weighted by Gasteiger charge is 1.99. The summed E-state index contributed by atoms with van der Waals surface area (Å²) in [5.41, 5.74) is 2.30. The van der Waals surface area contributed by atoms with Gasteiger partial charge in [0.25, 0.3) is 0 Å². The molecule has 1 aromatic heterocycles. The summed E-state index contributed by atoms with van der Waals surface area (Å²) in [6.45, 7) is 6.31. The summed E-state index contributed by atoms with van der Waals surface area (Å²) in [5.74, 6) is 0.818. The van der Waals surface area contributed by atoms with Crippen LogP contribution in [0.2, 0.25) is 0 Å². The molecule has 0 spiro atoms. The Labute approximate surface area is 91.0 Å². The summed E-state index contributed by atoms with van der Waals surface area (Å²) >= 11 is 0. The van der Waals surface area contributed by atoms with Crippen LogP contribution in [0.3, 0.4) is 0 Å². The Hall–Kier alpha value is -1.57. The maximum atomic E-state index is 5.16. The van der Waals surface area contributed by atoms with Crippen molar-refractivity contribution in [3.8, 4) is 11.3 Å². The molecule has 0 N–H and O–H groups in total. The number of nitrogens with zero attached hydrogens (tertiary/aromatic N) is 1. The fourth-order valence-electron chi connectivity index (χ4n) is 1.16. The molecule has 2 nitrogen and oxygen atoms in total. The summed E-state index contributed by atoms with van der Waals surface area (Å²) < 4.78 is 5.16. The van der Waals surface area contributed by atoms with Gasteiger partial charge in [-0.25, -0.2) is 4.98 Å². The van der Waals surface area contributed by atoms with Gasteiger partial charge in [0.05, 0.1) is 6.20 Å². The van der Waals surface area contributed by atoms with Crippen molar-refractivity contribution in [3.05, 3.63) is 42.4 Å². The first kappa shape index (κ1) is 11.5. The molecule has 0 amide bonds. The number of hydrogen-bond donors (Lipinski definition) is 0. The largest absolute Gasteiger partial charge is 0.444 e. The third-order valence-corrected chi connectivity index (χ3v) is 1.73. The van der Waals surface area contributed by atoms with Gasteiger partial charge in [0.2, 0.25) is 0 Å². The molecule has 1 heterocycles. The van der Waals surface area contributed by atoms with Crippen LogP contribution in [0.4, 0.5) is 0 Å². The maximum Gasteiger partial charge on any atom is 0.181 e. The van der Waals surface area contributed by atoms with Crippen LogP contribution in [0.1, 0.15) is 25.8 Å². The summed E-state index contributed by atoms with van der Waals surface area (Å²) in [6, 6.07) is 8.14. The predicted octanol–water partition coefficient (Wildman–Crippen LogP) is 4.07. The second-order valence-corrected chi connectivity index (χ2v) is 3.44. The van der Waals surface area contributed by atoms with Crippen LogP contribution in [0.25, 0.3) is 11.3 Å². The topological polar surface area (TPSA) is 26.0 Å². The van der Waals surface area contributed by atoms with Crippen molar-refractivity contribution in [2.75, 3.05) is 0 Å². The van der Waals surface area contributed by atoms with Gasteiger partial charge in [-0.2, -0.15) is 0 Å². The molecule has 15 heavy (non-hydrogen) atoms. The molecule has 0 aliphatic heterocycles. The van der Waals surface area contributed by atoms with E-state index in [1.54, 1.807) is 6.20 Å². The predicted molar refractivity (Wildman–Crippen MR) is 62.6 cm³/mol. The minimum absolute atomic E-state index is 0.818. The number of aromatic nitrogens is 1. The average Bonchev–Trinajstić information content (AvgIpc) is 2.71. The standard InChI is InChI=1S/C10H9NO.C3H8/c1-8-3-2-4-9(5-8)10-6-11-7-12-10;1-3-2/h2-7H,1H3;3H2,1-2H3. The van der Waals surface area contributed by atoms with Crippen molar-refractivity contribution in [2.24, 2.45) is 0 Å². The zero-order valence-corrected chi connectivity index (χ0v) is 9.53. The number of hydrogen-bond acceptors (Lipinski definition) is 2. The van der Waals surface area contributed by atoms with Gasteiger partial charge in [-0.15, -0.1) is 0 Å². The van der Waals surface area contributed by atoms with E-state index in [0.29, 0.717) is 0 Å². The first-order chi connectivity index (χ1) is 7.27. The van der Waals surface area contributed by atoms with Gasteiger partial charge in [0.1, 0.15) is 0 Å². The smallest absolute Gasteiger partial charge is 0.181 e. The molecule has 0 atom stereocenters. The third-order valence-electron chi connectivity index (χ3n) is 1.73. The Morgan fingerprint density at radius 3 is 2.53 bits per heavy atom. The quantitative estimate of drug-likeness (QED) is 0.698. The molecule has 0 aliphatic carbocycles. The normalized spacial score (nSPS) is 9.27. The van der Waals surface area contributed by atoms with E-state index in [0.717, 1.165) is 11.3 Å². The molecule has 0 unspecified atom stereocenters. The van der Waals surface area contributed by atoms with Crippen molar-refractivity contribution in [1.82, 2.24) is 4.98 Å². The van der Waals surface area contributed by atoms with Gasteiger partial charge < -0.3 is 4.42 Å². The highest BCUT2D eigenvalue weighted by molar-refractivity contribution is 5.56. The monoisotopic (exact) mass is 203 g/mol. The van der Waals surface area contributed by atoms with Crippen LogP contribution < -0.4 is 0 Å². The summed E-state index contributed by atoms with van der Waals surface area (Å²) in [4.78, 5) is 3.86. The summed E-state index contributed by atoms with van der Waals surface area (Å²) in [5, 5.41) is 0. The van der Waals surface area contributed by atoms with Crippen LogP contribution in [0, 0.1) is 6.92 Å². The van der Waals surface area contributed by atoms with E-state index in [-0.39, 0.29) is 0 Å². The fourth-order valence-corrected chi connectivity index (χ4v) is 1.16. The third kappa shape index (κ3) is 3.58. The molecule has 0 aliphatic rings. The molecular weight excluding hydrogens is 186 g/mol. The van der Waals surface area contributed by atoms with Gasteiger partial charge in [-0.1, -0.05) is 44.0 Å². The Kier molecular flexibility index (Phi) is 4.61. The molecule has 80 valence electrons. The van der Waals surface area contributed by atoms with Gasteiger partial charge in [0, 0.05) is 5.56 Å². The SMILES string of the molecule is CCC.Cc1cccc(-c2cnco2)c1. The Morgan fingerprint density at radius 1 is 1.27 bits per heavy atom. The Balaban J connectivity index is 0.000000337. The highest BCUT2D eigenvalue weighted by Crippen LogP contribution is 2.18. The number of benzene rings is 1. The summed E-state index contributed by atoms with van der Waals surface area (Å²) in [6.07, 6.45) is 4.41. The zero-order valence-electron chi connectivity index (χ0n) is 9.53. The van der Waals surface area contributed by atoms with Crippen LogP contribution >= 0.6 is 0 Å². The molecule has 1 aromatic carbocycles. The molecule has 2 heteroatoms. The lowest BCUT2D eigenvalue weighted by Crippen LogP contribution is -1.75. The lowest BCUT2D eigenvalue weighted by Gasteiger charge is -1.96. The fraction of sp³-hybridized carbons (Fsp3) is 0.308. The molecule has 0 saturated heterocycles. The van der Waals surface area contributed by atoms with E-state index in [2.05, 4.69) is 37.9 Å². The Bertz CT molecular complexity index is 379. The van der Waals surface area contributed by atoms with Crippen molar-refractivity contribution >= 4 is 0 Å². The zero-order chi connectivity index (χ0) is 11.1. The average molecular weight is 203 g/mol. The van der Waals surface area contributed by atoms with E-state index >= 15 is 0 Å². The van der Waals surface area contributed by atoms with Gasteiger partial charge in [0.15, 0.2) is 12.2 Å². The lowest BCUT2D eigenvalue weighted by atomic mass is 10.1. The number of oxazole rings is 1. The van der Waals surface area contributed by atoms with Gasteiger partial charge >= 0.3 is 0 Å². The van der Waals surface area contributed by atoms with E-state index < -0.39 is 0 Å². The summed E-state index contributed by atoms with van der Waals surface area (Å²) in [7, 11) is 0. The number of rotatable bonds is 1. The number of aryl methyl sites for hydroxylation is 1. The minimum Gasteiger partial charge on any atom is -0.444 e. The first-order valence-corrected chi connectivity index (χ1v) is 5.23. The molecular formula is C13H17NO. The van der Waals surface area contributed by atoms with Crippen molar-refractivity contribution < 1.29 is 4.42 Å². The molecule has 2 rings (SSSR count). The molecule has 0 saturated carbocycles. The van der Waals surface area contributed by atoms with Gasteiger partial charge in [-0.3, -0.25) is 0 Å². The molecule has 0 bridgehead atoms. The van der Waals surface area contributed by atoms with Crippen LogP contribution in [0.15, 0.2) is 41.3 Å². The van der Waals surface area contributed by atoms with Gasteiger partial charge in [-0.05, 0) is 13.0 Å². The second kappa shape index (κ2) is 6.02. The van der Waals surface area contributed by atoms with Crippen molar-refractivity contribution in [3.63, 3.8) is 0 Å².